The van der Waals surface area contributed by atoms with Crippen LogP contribution in [0.3, 0.4) is 0 Å². The summed E-state index contributed by atoms with van der Waals surface area (Å²) in [5, 5.41) is 20.4. The molecule has 3 aromatic rings. The number of hydrogen-bond acceptors (Lipinski definition) is 6. The van der Waals surface area contributed by atoms with Gasteiger partial charge in [0.15, 0.2) is 5.78 Å². The molecule has 2 fully saturated rings. The molecule has 2 aliphatic heterocycles. The second kappa shape index (κ2) is 11.6. The van der Waals surface area contributed by atoms with Gasteiger partial charge in [-0.15, -0.1) is 0 Å². The smallest absolute Gasteiger partial charge is 0.185 e. The van der Waals surface area contributed by atoms with E-state index in [9.17, 15) is 15.3 Å². The molecule has 1 saturated heterocycles. The molecule has 42 heavy (non-hydrogen) atoms. The van der Waals surface area contributed by atoms with Crippen molar-refractivity contribution in [2.45, 2.75) is 44.7 Å². The van der Waals surface area contributed by atoms with Crippen molar-refractivity contribution in [1.82, 2.24) is 4.90 Å². The van der Waals surface area contributed by atoms with Crippen LogP contribution in [0.25, 0.3) is 6.08 Å². The van der Waals surface area contributed by atoms with E-state index in [-0.39, 0.29) is 35.2 Å². The van der Waals surface area contributed by atoms with Crippen molar-refractivity contribution in [2.24, 2.45) is 11.8 Å². The zero-order chi connectivity index (χ0) is 29.2. The lowest BCUT2D eigenvalue weighted by atomic mass is 9.71. The summed E-state index contributed by atoms with van der Waals surface area (Å²) in [4.78, 5) is 16.8. The second-order valence-electron chi connectivity index (χ2n) is 11.0. The number of allylic oxidation sites excluding steroid dienone is 1. The maximum atomic E-state index is 14.6. The Hall–Kier alpha value is -4.81. The zero-order valence-corrected chi connectivity index (χ0v) is 23.9. The Kier molecular flexibility index (Phi) is 7.55. The van der Waals surface area contributed by atoms with Crippen molar-refractivity contribution < 1.29 is 14.3 Å². The molecular formula is C36H33N3O3. The molecule has 0 spiro atoms. The Bertz CT molecular complexity index is 1630. The van der Waals surface area contributed by atoms with E-state index in [1.807, 2.05) is 80.7 Å². The summed E-state index contributed by atoms with van der Waals surface area (Å²) in [5.74, 6) is 0.804. The molecule has 6 rings (SSSR count). The standard InChI is InChI=1S/C36H33N3O3/c1-3-41-27-16-17-29(30(20-27)42-4-2)32-33(31(24-14-15-24)26(21-37)22-38)34-28-13-9-8-10-23(28)18-19-39(34)35(32)36(40)25-11-6-5-7-12-25/h5-13,16-20,24,32-35H,3-4,14-15H2,1-2H3/t32-,33-,34-,35-/m0/s1. The van der Waals surface area contributed by atoms with Gasteiger partial charge in [-0.2, -0.15) is 10.5 Å². The SMILES string of the molecule is CCOc1ccc([C@H]2[C@H](C(=C(C#N)C#N)C3CC3)[C@@H]3c4ccccc4C=CN3[C@@H]2C(=O)c2ccccc2)c(OCC)c1. The van der Waals surface area contributed by atoms with Crippen LogP contribution in [0.4, 0.5) is 0 Å². The van der Waals surface area contributed by atoms with E-state index in [1.165, 1.54) is 0 Å². The highest BCUT2D eigenvalue weighted by Crippen LogP contribution is 2.60. The number of Topliss-reactive ketones (excluding diaryl/α,β-unsaturated/α-hetero) is 1. The van der Waals surface area contributed by atoms with Crippen molar-refractivity contribution in [1.29, 1.82) is 10.5 Å². The van der Waals surface area contributed by atoms with Crippen LogP contribution >= 0.6 is 0 Å². The number of carbonyl (C=O) groups is 1. The fraction of sp³-hybridized carbons (Fsp3) is 0.306. The maximum Gasteiger partial charge on any atom is 0.185 e. The first-order chi connectivity index (χ1) is 20.6. The van der Waals surface area contributed by atoms with Crippen molar-refractivity contribution >= 4 is 11.9 Å². The van der Waals surface area contributed by atoms with Gasteiger partial charge in [0.2, 0.25) is 0 Å². The van der Waals surface area contributed by atoms with Crippen molar-refractivity contribution in [3.05, 3.63) is 112 Å². The third-order valence-corrected chi connectivity index (χ3v) is 8.62. The first-order valence-electron chi connectivity index (χ1n) is 14.7. The first-order valence-corrected chi connectivity index (χ1v) is 14.7. The minimum Gasteiger partial charge on any atom is -0.494 e. The molecule has 1 aliphatic carbocycles. The van der Waals surface area contributed by atoms with Gasteiger partial charge in [-0.25, -0.2) is 0 Å². The summed E-state index contributed by atoms with van der Waals surface area (Å²) >= 11 is 0. The molecule has 6 nitrogen and oxygen atoms in total. The van der Waals surface area contributed by atoms with E-state index in [0.717, 1.165) is 35.1 Å². The Labute approximate surface area is 247 Å². The summed E-state index contributed by atoms with van der Waals surface area (Å²) in [6, 6.07) is 27.1. The molecule has 0 bridgehead atoms. The van der Waals surface area contributed by atoms with Crippen LogP contribution in [-0.4, -0.2) is 29.9 Å². The summed E-state index contributed by atoms with van der Waals surface area (Å²) in [5.41, 5.74) is 4.71. The molecule has 0 radical (unpaired) electrons. The second-order valence-corrected chi connectivity index (χ2v) is 11.0. The van der Waals surface area contributed by atoms with Crippen LogP contribution in [0.1, 0.15) is 65.7 Å². The average Bonchev–Trinajstić information content (AvgIpc) is 3.81. The number of ketones is 1. The van der Waals surface area contributed by atoms with Gasteiger partial charge in [-0.3, -0.25) is 4.79 Å². The number of nitrogens with zero attached hydrogens (tertiary/aromatic N) is 3. The monoisotopic (exact) mass is 555 g/mol. The topological polar surface area (TPSA) is 86.4 Å². The fourth-order valence-corrected chi connectivity index (χ4v) is 6.89. The number of rotatable bonds is 9. The molecule has 3 aliphatic rings. The Morgan fingerprint density at radius 3 is 2.31 bits per heavy atom. The minimum absolute atomic E-state index is 0.000855. The van der Waals surface area contributed by atoms with E-state index in [1.54, 1.807) is 0 Å². The fourth-order valence-electron chi connectivity index (χ4n) is 6.89. The van der Waals surface area contributed by atoms with Gasteiger partial charge in [0.05, 0.1) is 19.3 Å². The van der Waals surface area contributed by atoms with E-state index < -0.39 is 6.04 Å². The summed E-state index contributed by atoms with van der Waals surface area (Å²) in [6.07, 6.45) is 5.95. The molecular weight excluding hydrogens is 522 g/mol. The molecule has 6 heteroatoms. The van der Waals surface area contributed by atoms with Crippen molar-refractivity contribution in [3.8, 4) is 23.6 Å². The normalized spacial score (nSPS) is 21.9. The highest BCUT2D eigenvalue weighted by Gasteiger charge is 2.57. The number of nitriles is 2. The molecule has 0 amide bonds. The number of carbonyl (C=O) groups excluding carboxylic acids is 1. The molecule has 4 atom stereocenters. The Morgan fingerprint density at radius 2 is 1.62 bits per heavy atom. The van der Waals surface area contributed by atoms with Crippen LogP contribution in [0.15, 0.2) is 90.1 Å². The highest BCUT2D eigenvalue weighted by molar-refractivity contribution is 6.01. The predicted molar refractivity (Wildman–Crippen MR) is 161 cm³/mol. The molecule has 0 unspecified atom stereocenters. The lowest BCUT2D eigenvalue weighted by molar-refractivity contribution is 0.0874. The Morgan fingerprint density at radius 1 is 0.905 bits per heavy atom. The van der Waals surface area contributed by atoms with E-state index >= 15 is 0 Å². The maximum absolute atomic E-state index is 14.6. The number of fused-ring (bicyclic) bond motifs is 3. The molecule has 0 aromatic heterocycles. The van der Waals surface area contributed by atoms with Crippen LogP contribution in [0.5, 0.6) is 11.5 Å². The summed E-state index contributed by atoms with van der Waals surface area (Å²) < 4.78 is 12.1. The van der Waals surface area contributed by atoms with Crippen LogP contribution in [0, 0.1) is 34.5 Å². The van der Waals surface area contributed by atoms with Crippen LogP contribution < -0.4 is 9.47 Å². The number of ether oxygens (including phenoxy) is 2. The quantitative estimate of drug-likeness (QED) is 0.205. The molecule has 0 N–H and O–H groups in total. The van der Waals surface area contributed by atoms with E-state index in [0.29, 0.717) is 30.3 Å². The zero-order valence-electron chi connectivity index (χ0n) is 23.9. The summed E-state index contributed by atoms with van der Waals surface area (Å²) in [7, 11) is 0. The molecule has 3 aromatic carbocycles. The van der Waals surface area contributed by atoms with Crippen LogP contribution in [-0.2, 0) is 0 Å². The van der Waals surface area contributed by atoms with Gasteiger partial charge in [0.1, 0.15) is 35.3 Å². The molecule has 1 saturated carbocycles. The molecule has 2 heterocycles. The largest absolute Gasteiger partial charge is 0.494 e. The third kappa shape index (κ3) is 4.74. The van der Waals surface area contributed by atoms with Gasteiger partial charge in [0, 0.05) is 35.2 Å². The third-order valence-electron chi connectivity index (χ3n) is 8.62. The van der Waals surface area contributed by atoms with Gasteiger partial charge in [-0.05, 0) is 61.4 Å². The van der Waals surface area contributed by atoms with Gasteiger partial charge in [-0.1, -0.05) is 60.7 Å². The number of benzene rings is 3. The van der Waals surface area contributed by atoms with Crippen LogP contribution in [0.2, 0.25) is 0 Å². The predicted octanol–water partition coefficient (Wildman–Crippen LogP) is 7.23. The number of hydrogen-bond donors (Lipinski definition) is 0. The lowest BCUT2D eigenvalue weighted by Crippen LogP contribution is -2.37. The molecule has 210 valence electrons. The van der Waals surface area contributed by atoms with E-state index in [4.69, 9.17) is 9.47 Å². The average molecular weight is 556 g/mol. The summed E-state index contributed by atoms with van der Waals surface area (Å²) in [6.45, 7) is 4.85. The van der Waals surface area contributed by atoms with Gasteiger partial charge in [0.25, 0.3) is 0 Å². The lowest BCUT2D eigenvalue weighted by Gasteiger charge is -2.35. The van der Waals surface area contributed by atoms with Crippen molar-refractivity contribution in [2.75, 3.05) is 13.2 Å². The Balaban J connectivity index is 1.65. The first kappa shape index (κ1) is 27.4. The van der Waals surface area contributed by atoms with Crippen molar-refractivity contribution in [3.63, 3.8) is 0 Å². The van der Waals surface area contributed by atoms with E-state index in [2.05, 4.69) is 35.2 Å². The minimum atomic E-state index is -0.587. The van der Waals surface area contributed by atoms with Gasteiger partial charge >= 0.3 is 0 Å². The van der Waals surface area contributed by atoms with Gasteiger partial charge < -0.3 is 14.4 Å². The highest BCUT2D eigenvalue weighted by atomic mass is 16.5.